The smallest absolute Gasteiger partial charge is 0.123 e. The van der Waals surface area contributed by atoms with Crippen molar-refractivity contribution < 1.29 is 4.39 Å². The molecule has 0 radical (unpaired) electrons. The number of allylic oxidation sites excluding steroid dienone is 4. The van der Waals surface area contributed by atoms with Gasteiger partial charge in [-0.15, -0.1) is 0 Å². The van der Waals surface area contributed by atoms with Crippen LogP contribution in [0, 0.1) is 11.7 Å². The van der Waals surface area contributed by atoms with Crippen LogP contribution in [0.15, 0.2) is 42.5 Å². The molecular formula is C13H13F. The van der Waals surface area contributed by atoms with E-state index in [-0.39, 0.29) is 5.82 Å². The summed E-state index contributed by atoms with van der Waals surface area (Å²) in [7, 11) is 0. The highest BCUT2D eigenvalue weighted by Gasteiger charge is 2.06. The summed E-state index contributed by atoms with van der Waals surface area (Å²) in [6.45, 7) is 2.17. The van der Waals surface area contributed by atoms with Crippen molar-refractivity contribution in [2.75, 3.05) is 0 Å². The molecule has 0 fully saturated rings. The van der Waals surface area contributed by atoms with Crippen molar-refractivity contribution in [2.45, 2.75) is 13.3 Å². The van der Waals surface area contributed by atoms with Crippen LogP contribution in [0.25, 0.3) is 5.57 Å². The molecule has 1 aliphatic carbocycles. The van der Waals surface area contributed by atoms with Crippen LogP contribution in [-0.4, -0.2) is 0 Å². The molecule has 1 aliphatic rings. The lowest BCUT2D eigenvalue weighted by molar-refractivity contribution is 0.627. The molecule has 0 heterocycles. The lowest BCUT2D eigenvalue weighted by Gasteiger charge is -2.12. The van der Waals surface area contributed by atoms with Crippen LogP contribution < -0.4 is 0 Å². The third kappa shape index (κ3) is 1.92. The molecular weight excluding hydrogens is 175 g/mol. The zero-order valence-electron chi connectivity index (χ0n) is 8.20. The first-order valence-electron chi connectivity index (χ1n) is 4.90. The SMILES string of the molecule is CC1C=C(c2cccc(F)c2)C=CC1. The van der Waals surface area contributed by atoms with Crippen LogP contribution in [0.5, 0.6) is 0 Å². The molecule has 0 saturated carbocycles. The Hall–Kier alpha value is -1.37. The van der Waals surface area contributed by atoms with E-state index in [2.05, 4.69) is 25.2 Å². The Labute approximate surface area is 83.8 Å². The highest BCUT2D eigenvalue weighted by Crippen LogP contribution is 2.24. The lowest BCUT2D eigenvalue weighted by Crippen LogP contribution is -1.95. The Balaban J connectivity index is 2.35. The molecule has 1 aromatic rings. The van der Waals surface area contributed by atoms with E-state index in [0.29, 0.717) is 5.92 Å². The molecule has 0 saturated heterocycles. The Kier molecular flexibility index (Phi) is 2.49. The fourth-order valence-corrected chi connectivity index (χ4v) is 1.70. The van der Waals surface area contributed by atoms with E-state index in [0.717, 1.165) is 17.6 Å². The van der Waals surface area contributed by atoms with E-state index in [1.54, 1.807) is 12.1 Å². The maximum absolute atomic E-state index is 13.0. The van der Waals surface area contributed by atoms with E-state index in [1.807, 2.05) is 6.07 Å². The van der Waals surface area contributed by atoms with Gasteiger partial charge in [0.15, 0.2) is 0 Å². The van der Waals surface area contributed by atoms with Crippen molar-refractivity contribution in [1.82, 2.24) is 0 Å². The van der Waals surface area contributed by atoms with Crippen molar-refractivity contribution in [3.63, 3.8) is 0 Å². The Morgan fingerprint density at radius 1 is 1.36 bits per heavy atom. The van der Waals surface area contributed by atoms with E-state index in [1.165, 1.54) is 6.07 Å². The van der Waals surface area contributed by atoms with Gasteiger partial charge >= 0.3 is 0 Å². The minimum Gasteiger partial charge on any atom is -0.207 e. The van der Waals surface area contributed by atoms with Gasteiger partial charge in [0.05, 0.1) is 0 Å². The van der Waals surface area contributed by atoms with Gasteiger partial charge in [-0.05, 0) is 35.6 Å². The predicted octanol–water partition coefficient (Wildman–Crippen LogP) is 3.81. The van der Waals surface area contributed by atoms with Crippen LogP contribution in [0.4, 0.5) is 4.39 Å². The van der Waals surface area contributed by atoms with Gasteiger partial charge < -0.3 is 0 Å². The molecule has 0 bridgehead atoms. The van der Waals surface area contributed by atoms with Gasteiger partial charge in [0.25, 0.3) is 0 Å². The second-order valence-electron chi connectivity index (χ2n) is 3.75. The predicted molar refractivity (Wildman–Crippen MR) is 57.3 cm³/mol. The number of hydrogen-bond acceptors (Lipinski definition) is 0. The first-order chi connectivity index (χ1) is 6.75. The normalized spacial score (nSPS) is 20.7. The molecule has 0 N–H and O–H groups in total. The fourth-order valence-electron chi connectivity index (χ4n) is 1.70. The van der Waals surface area contributed by atoms with Crippen LogP contribution in [0.1, 0.15) is 18.9 Å². The van der Waals surface area contributed by atoms with Crippen LogP contribution in [0.3, 0.4) is 0 Å². The van der Waals surface area contributed by atoms with E-state index in [9.17, 15) is 4.39 Å². The van der Waals surface area contributed by atoms with Gasteiger partial charge in [0, 0.05) is 0 Å². The summed E-state index contributed by atoms with van der Waals surface area (Å²) in [6.07, 6.45) is 7.48. The van der Waals surface area contributed by atoms with E-state index >= 15 is 0 Å². The highest BCUT2D eigenvalue weighted by atomic mass is 19.1. The highest BCUT2D eigenvalue weighted by molar-refractivity contribution is 5.74. The maximum Gasteiger partial charge on any atom is 0.123 e. The Morgan fingerprint density at radius 3 is 2.93 bits per heavy atom. The van der Waals surface area contributed by atoms with E-state index in [4.69, 9.17) is 0 Å². The number of benzene rings is 1. The molecule has 72 valence electrons. The molecule has 0 aliphatic heterocycles. The van der Waals surface area contributed by atoms with Crippen molar-refractivity contribution in [3.05, 3.63) is 53.9 Å². The third-order valence-electron chi connectivity index (χ3n) is 2.43. The van der Waals surface area contributed by atoms with Gasteiger partial charge in [-0.3, -0.25) is 0 Å². The standard InChI is InChI=1S/C13H13F/c1-10-4-2-5-11(8-10)12-6-3-7-13(14)9-12/h2-3,5-10H,4H2,1H3. The minimum absolute atomic E-state index is 0.171. The maximum atomic E-state index is 13.0. The molecule has 1 atom stereocenters. The average molecular weight is 188 g/mol. The van der Waals surface area contributed by atoms with Crippen LogP contribution in [0.2, 0.25) is 0 Å². The van der Waals surface area contributed by atoms with Crippen LogP contribution >= 0.6 is 0 Å². The summed E-state index contributed by atoms with van der Waals surface area (Å²) in [5.41, 5.74) is 2.09. The molecule has 0 spiro atoms. The summed E-state index contributed by atoms with van der Waals surface area (Å²) in [6, 6.07) is 6.74. The molecule has 1 unspecified atom stereocenters. The largest absolute Gasteiger partial charge is 0.207 e. The number of hydrogen-bond donors (Lipinski definition) is 0. The second-order valence-corrected chi connectivity index (χ2v) is 3.75. The van der Waals surface area contributed by atoms with Gasteiger partial charge in [-0.1, -0.05) is 37.3 Å². The Bertz CT molecular complexity index is 388. The van der Waals surface area contributed by atoms with Crippen molar-refractivity contribution in [2.24, 2.45) is 5.92 Å². The van der Waals surface area contributed by atoms with Crippen molar-refractivity contribution in [3.8, 4) is 0 Å². The van der Waals surface area contributed by atoms with Gasteiger partial charge in [0.2, 0.25) is 0 Å². The van der Waals surface area contributed by atoms with E-state index < -0.39 is 0 Å². The zero-order valence-corrected chi connectivity index (χ0v) is 8.20. The Morgan fingerprint density at radius 2 is 2.21 bits per heavy atom. The molecule has 2 rings (SSSR count). The molecule has 1 aromatic carbocycles. The van der Waals surface area contributed by atoms with Crippen LogP contribution in [-0.2, 0) is 0 Å². The lowest BCUT2D eigenvalue weighted by atomic mass is 9.94. The first kappa shape index (κ1) is 9.20. The molecule has 0 nitrogen and oxygen atoms in total. The number of halogens is 1. The topological polar surface area (TPSA) is 0 Å². The number of rotatable bonds is 1. The molecule has 1 heteroatoms. The minimum atomic E-state index is -0.171. The third-order valence-corrected chi connectivity index (χ3v) is 2.43. The van der Waals surface area contributed by atoms with Crippen molar-refractivity contribution >= 4 is 5.57 Å². The first-order valence-corrected chi connectivity index (χ1v) is 4.90. The quantitative estimate of drug-likeness (QED) is 0.628. The van der Waals surface area contributed by atoms with Gasteiger partial charge in [-0.25, -0.2) is 4.39 Å². The summed E-state index contributed by atoms with van der Waals surface area (Å²) in [5, 5.41) is 0. The van der Waals surface area contributed by atoms with Gasteiger partial charge in [0.1, 0.15) is 5.82 Å². The molecule has 0 aromatic heterocycles. The summed E-state index contributed by atoms with van der Waals surface area (Å²) in [4.78, 5) is 0. The summed E-state index contributed by atoms with van der Waals surface area (Å²) >= 11 is 0. The molecule has 14 heavy (non-hydrogen) atoms. The van der Waals surface area contributed by atoms with Gasteiger partial charge in [-0.2, -0.15) is 0 Å². The molecule has 0 amide bonds. The zero-order chi connectivity index (χ0) is 9.97. The monoisotopic (exact) mass is 188 g/mol. The second kappa shape index (κ2) is 3.79. The summed E-state index contributed by atoms with van der Waals surface area (Å²) < 4.78 is 13.0. The fraction of sp³-hybridized carbons (Fsp3) is 0.231. The van der Waals surface area contributed by atoms with Crippen molar-refractivity contribution in [1.29, 1.82) is 0 Å². The summed E-state index contributed by atoms with van der Waals surface area (Å²) in [5.74, 6) is 0.383. The average Bonchev–Trinajstić information content (AvgIpc) is 2.18.